The van der Waals surface area contributed by atoms with Gasteiger partial charge in [-0.1, -0.05) is 24.3 Å². The Balaban J connectivity index is 1.71. The number of nitrogens with one attached hydrogen (secondary N) is 1. The maximum absolute atomic E-state index is 12.4. The van der Waals surface area contributed by atoms with Crippen LogP contribution in [0.3, 0.4) is 0 Å². The fraction of sp³-hybridized carbons (Fsp3) is 0.250. The summed E-state index contributed by atoms with van der Waals surface area (Å²) in [6.07, 6.45) is 1.83. The van der Waals surface area contributed by atoms with E-state index in [0.717, 1.165) is 33.2 Å². The van der Waals surface area contributed by atoms with E-state index in [2.05, 4.69) is 5.32 Å². The van der Waals surface area contributed by atoms with E-state index in [4.69, 9.17) is 9.56 Å². The minimum Gasteiger partial charge on any atom is -0.464 e. The lowest BCUT2D eigenvalue weighted by Gasteiger charge is -2.14. The molecule has 2 aromatic carbocycles. The predicted octanol–water partition coefficient (Wildman–Crippen LogP) is 3.12. The highest BCUT2D eigenvalue weighted by Crippen LogP contribution is 2.27. The van der Waals surface area contributed by atoms with Gasteiger partial charge in [0.1, 0.15) is 5.58 Å². The molecule has 142 valence electrons. The van der Waals surface area contributed by atoms with Crippen LogP contribution in [0.1, 0.15) is 35.2 Å². The molecule has 0 aliphatic heterocycles. The number of primary sulfonamides is 1. The van der Waals surface area contributed by atoms with Gasteiger partial charge in [0.05, 0.1) is 23.6 Å². The molecule has 0 aliphatic carbocycles. The second-order valence-electron chi connectivity index (χ2n) is 6.73. The summed E-state index contributed by atoms with van der Waals surface area (Å²) in [5.74, 6) is -0.140. The lowest BCUT2D eigenvalue weighted by Crippen LogP contribution is -2.28. The molecule has 0 radical (unpaired) electrons. The molecule has 0 saturated carbocycles. The second kappa shape index (κ2) is 7.17. The third-order valence-corrected chi connectivity index (χ3v) is 5.71. The largest absolute Gasteiger partial charge is 0.464 e. The molecule has 1 aromatic heterocycles. The molecule has 0 aliphatic rings. The minimum atomic E-state index is -3.73. The number of amides is 1. The molecule has 0 spiro atoms. The number of sulfonamides is 1. The van der Waals surface area contributed by atoms with Crippen LogP contribution in [0.15, 0.2) is 52.0 Å². The highest BCUT2D eigenvalue weighted by atomic mass is 32.2. The van der Waals surface area contributed by atoms with Crippen LogP contribution in [-0.2, 0) is 21.2 Å². The molecular weight excluding hydrogens is 364 g/mol. The van der Waals surface area contributed by atoms with Crippen molar-refractivity contribution >= 4 is 26.9 Å². The van der Waals surface area contributed by atoms with Gasteiger partial charge in [-0.2, -0.15) is 0 Å². The first kappa shape index (κ1) is 19.1. The molecule has 1 atom stereocenters. The van der Waals surface area contributed by atoms with E-state index in [1.54, 1.807) is 18.4 Å². The van der Waals surface area contributed by atoms with Crippen LogP contribution in [0.25, 0.3) is 11.0 Å². The van der Waals surface area contributed by atoms with Crippen molar-refractivity contribution in [3.05, 3.63) is 64.9 Å². The molecule has 0 unspecified atom stereocenters. The Labute approximate surface area is 158 Å². The fourth-order valence-corrected chi connectivity index (χ4v) is 3.54. The summed E-state index contributed by atoms with van der Waals surface area (Å²) < 4.78 is 28.3. The van der Waals surface area contributed by atoms with E-state index >= 15 is 0 Å². The van der Waals surface area contributed by atoms with Crippen LogP contribution < -0.4 is 10.5 Å². The Morgan fingerprint density at radius 2 is 1.81 bits per heavy atom. The van der Waals surface area contributed by atoms with E-state index in [0.29, 0.717) is 0 Å². The normalized spacial score (nSPS) is 12.9. The molecule has 27 heavy (non-hydrogen) atoms. The van der Waals surface area contributed by atoms with Crippen LogP contribution in [-0.4, -0.2) is 14.3 Å². The van der Waals surface area contributed by atoms with Crippen molar-refractivity contribution in [3.63, 3.8) is 0 Å². The first-order valence-corrected chi connectivity index (χ1v) is 10.1. The summed E-state index contributed by atoms with van der Waals surface area (Å²) in [6.45, 7) is 5.86. The number of rotatable bonds is 5. The first-order chi connectivity index (χ1) is 12.7. The van der Waals surface area contributed by atoms with Gasteiger partial charge < -0.3 is 9.73 Å². The lowest BCUT2D eigenvalue weighted by molar-refractivity contribution is -0.121. The standard InChI is InChI=1S/C20H22N2O4S/c1-12-4-9-18-16(11-26-20(18)13(12)2)10-19(23)22-14(3)15-5-7-17(8-6-15)27(21,24)25/h4-9,11,14H,10H2,1-3H3,(H,22,23)(H2,21,24,25)/t14-/m0/s1. The maximum Gasteiger partial charge on any atom is 0.238 e. The minimum absolute atomic E-state index is 0.0420. The smallest absolute Gasteiger partial charge is 0.238 e. The zero-order valence-electron chi connectivity index (χ0n) is 15.4. The SMILES string of the molecule is Cc1ccc2c(CC(=O)N[C@@H](C)c3ccc(S(N)(=O)=O)cc3)coc2c1C. The Hall–Kier alpha value is -2.64. The topological polar surface area (TPSA) is 102 Å². The van der Waals surface area contributed by atoms with Crippen LogP contribution >= 0.6 is 0 Å². The molecule has 0 saturated heterocycles. The number of carbonyl (C=O) groups is 1. The van der Waals surface area contributed by atoms with Gasteiger partial charge in [0.25, 0.3) is 0 Å². The Kier molecular flexibility index (Phi) is 5.08. The second-order valence-corrected chi connectivity index (χ2v) is 8.29. The van der Waals surface area contributed by atoms with E-state index in [9.17, 15) is 13.2 Å². The Bertz CT molecular complexity index is 1100. The molecule has 7 heteroatoms. The van der Waals surface area contributed by atoms with Crippen molar-refractivity contribution in [2.75, 3.05) is 0 Å². The number of nitrogens with two attached hydrogens (primary N) is 1. The van der Waals surface area contributed by atoms with Gasteiger partial charge in [-0.3, -0.25) is 4.79 Å². The molecule has 1 amide bonds. The highest BCUT2D eigenvalue weighted by molar-refractivity contribution is 7.89. The number of benzene rings is 2. The molecule has 3 rings (SSSR count). The third-order valence-electron chi connectivity index (χ3n) is 4.78. The number of carbonyl (C=O) groups excluding carboxylic acids is 1. The molecule has 3 N–H and O–H groups in total. The first-order valence-electron chi connectivity index (χ1n) is 8.55. The van der Waals surface area contributed by atoms with Gasteiger partial charge in [0.15, 0.2) is 0 Å². The van der Waals surface area contributed by atoms with Crippen molar-refractivity contribution in [1.29, 1.82) is 0 Å². The Morgan fingerprint density at radius 3 is 2.44 bits per heavy atom. The number of hydrogen-bond donors (Lipinski definition) is 2. The monoisotopic (exact) mass is 386 g/mol. The van der Waals surface area contributed by atoms with E-state index < -0.39 is 10.0 Å². The van der Waals surface area contributed by atoms with Gasteiger partial charge >= 0.3 is 0 Å². The van der Waals surface area contributed by atoms with Crippen LogP contribution in [0.5, 0.6) is 0 Å². The summed E-state index contributed by atoms with van der Waals surface area (Å²) in [6, 6.07) is 9.87. The number of fused-ring (bicyclic) bond motifs is 1. The van der Waals surface area contributed by atoms with E-state index in [-0.39, 0.29) is 23.3 Å². The van der Waals surface area contributed by atoms with Crippen molar-refractivity contribution in [1.82, 2.24) is 5.32 Å². The number of hydrogen-bond acceptors (Lipinski definition) is 4. The molecule has 6 nitrogen and oxygen atoms in total. The molecule has 3 aromatic rings. The predicted molar refractivity (Wildman–Crippen MR) is 104 cm³/mol. The fourth-order valence-electron chi connectivity index (χ4n) is 3.02. The average molecular weight is 386 g/mol. The van der Waals surface area contributed by atoms with E-state index in [1.807, 2.05) is 32.9 Å². The number of furan rings is 1. The summed E-state index contributed by atoms with van der Waals surface area (Å²) >= 11 is 0. The summed E-state index contributed by atoms with van der Waals surface area (Å²) in [5.41, 5.74) is 4.65. The van der Waals surface area contributed by atoms with Gasteiger partial charge in [-0.15, -0.1) is 0 Å². The summed E-state index contributed by atoms with van der Waals surface area (Å²) in [4.78, 5) is 12.5. The van der Waals surface area contributed by atoms with Crippen molar-refractivity contribution in [2.24, 2.45) is 5.14 Å². The zero-order chi connectivity index (χ0) is 19.8. The van der Waals surface area contributed by atoms with E-state index in [1.165, 1.54) is 12.1 Å². The highest BCUT2D eigenvalue weighted by Gasteiger charge is 2.16. The maximum atomic E-state index is 12.4. The van der Waals surface area contributed by atoms with Gasteiger partial charge in [0.2, 0.25) is 15.9 Å². The molecular formula is C20H22N2O4S. The zero-order valence-corrected chi connectivity index (χ0v) is 16.3. The quantitative estimate of drug-likeness (QED) is 0.703. The van der Waals surface area contributed by atoms with Crippen LogP contribution in [0, 0.1) is 13.8 Å². The summed E-state index contributed by atoms with van der Waals surface area (Å²) in [5, 5.41) is 8.96. The molecule has 1 heterocycles. The van der Waals surface area contributed by atoms with Gasteiger partial charge in [-0.05, 0) is 49.6 Å². The molecule has 0 fully saturated rings. The van der Waals surface area contributed by atoms with Crippen LogP contribution in [0.4, 0.5) is 0 Å². The van der Waals surface area contributed by atoms with Crippen molar-refractivity contribution < 1.29 is 17.6 Å². The van der Waals surface area contributed by atoms with Crippen LogP contribution in [0.2, 0.25) is 0 Å². The lowest BCUT2D eigenvalue weighted by atomic mass is 10.0. The van der Waals surface area contributed by atoms with Gasteiger partial charge in [0, 0.05) is 10.9 Å². The average Bonchev–Trinajstić information content (AvgIpc) is 3.00. The van der Waals surface area contributed by atoms with Crippen molar-refractivity contribution in [3.8, 4) is 0 Å². The third kappa shape index (κ3) is 4.04. The molecule has 0 bridgehead atoms. The van der Waals surface area contributed by atoms with Crippen molar-refractivity contribution in [2.45, 2.75) is 38.1 Å². The number of aryl methyl sites for hydroxylation is 2. The summed E-state index contributed by atoms with van der Waals surface area (Å²) in [7, 11) is -3.73. The van der Waals surface area contributed by atoms with Gasteiger partial charge in [-0.25, -0.2) is 13.6 Å². The Morgan fingerprint density at radius 1 is 1.15 bits per heavy atom.